The first kappa shape index (κ1) is 28.8. The minimum atomic E-state index is -0.996. The van der Waals surface area contributed by atoms with Crippen molar-refractivity contribution in [2.45, 2.75) is 66.2 Å². The molecule has 10 nitrogen and oxygen atoms in total. The molecule has 12 heteroatoms. The molecule has 0 aromatic heterocycles. The highest BCUT2D eigenvalue weighted by Crippen LogP contribution is 2.22. The van der Waals surface area contributed by atoms with Gasteiger partial charge in [-0.25, -0.2) is 28.1 Å². The van der Waals surface area contributed by atoms with E-state index >= 15 is 0 Å². The third-order valence-corrected chi connectivity index (χ3v) is 4.87. The van der Waals surface area contributed by atoms with Gasteiger partial charge < -0.3 is 24.2 Å². The molecule has 1 aliphatic heterocycles. The number of benzene rings is 1. The lowest BCUT2D eigenvalue weighted by Gasteiger charge is -2.42. The Morgan fingerprint density at radius 3 is 2.03 bits per heavy atom. The number of carbonyl (C=O) groups excluding carboxylic acids is 3. The molecule has 0 saturated carbocycles. The highest BCUT2D eigenvalue weighted by Gasteiger charge is 2.36. The van der Waals surface area contributed by atoms with E-state index in [0.717, 1.165) is 11.0 Å². The maximum atomic E-state index is 15.0. The van der Waals surface area contributed by atoms with Crippen LogP contribution in [-0.2, 0) is 16.0 Å². The molecule has 2 rings (SSSR count). The van der Waals surface area contributed by atoms with Crippen LogP contribution in [0.4, 0.5) is 23.2 Å². The number of guanidine groups is 1. The van der Waals surface area contributed by atoms with Crippen molar-refractivity contribution in [2.75, 3.05) is 27.4 Å². The number of ether oxygens (including phenoxy) is 2. The van der Waals surface area contributed by atoms with Crippen LogP contribution in [0.25, 0.3) is 0 Å². The second-order valence-electron chi connectivity index (χ2n) is 10.6. The molecule has 1 heterocycles. The van der Waals surface area contributed by atoms with E-state index in [1.165, 1.54) is 41.8 Å². The first-order valence-corrected chi connectivity index (χ1v) is 11.4. The second kappa shape index (κ2) is 10.7. The molecule has 1 fully saturated rings. The van der Waals surface area contributed by atoms with Gasteiger partial charge in [0.15, 0.2) is 0 Å². The zero-order valence-electron chi connectivity index (χ0n) is 22.3. The smallest absolute Gasteiger partial charge is 0.437 e. The summed E-state index contributed by atoms with van der Waals surface area (Å²) in [5, 5.41) is 0. The van der Waals surface area contributed by atoms with Crippen LogP contribution >= 0.6 is 0 Å². The summed E-state index contributed by atoms with van der Waals surface area (Å²) in [7, 11) is 3.08. The van der Waals surface area contributed by atoms with Gasteiger partial charge in [0.2, 0.25) is 5.96 Å². The molecule has 0 N–H and O–H groups in total. The quantitative estimate of drug-likeness (QED) is 0.428. The summed E-state index contributed by atoms with van der Waals surface area (Å²) in [6.45, 7) is 10.7. The second-order valence-corrected chi connectivity index (χ2v) is 10.6. The Morgan fingerprint density at radius 2 is 1.53 bits per heavy atom. The Balaban J connectivity index is 2.64. The van der Waals surface area contributed by atoms with Crippen molar-refractivity contribution in [3.63, 3.8) is 0 Å². The van der Waals surface area contributed by atoms with Gasteiger partial charge in [-0.15, -0.1) is 4.99 Å². The Labute approximate surface area is 210 Å². The van der Waals surface area contributed by atoms with Crippen molar-refractivity contribution in [1.82, 2.24) is 19.6 Å². The zero-order chi connectivity index (χ0) is 27.6. The fraction of sp³-hybridized carbons (Fsp3) is 0.583. The van der Waals surface area contributed by atoms with Crippen LogP contribution in [0.2, 0.25) is 0 Å². The fourth-order valence-corrected chi connectivity index (χ4v) is 3.31. The summed E-state index contributed by atoms with van der Waals surface area (Å²) in [6.07, 6.45) is -1.92. The van der Waals surface area contributed by atoms with E-state index in [-0.39, 0.29) is 36.5 Å². The predicted octanol–water partition coefficient (Wildman–Crippen LogP) is 4.52. The Hall–Kier alpha value is -3.44. The predicted molar refractivity (Wildman–Crippen MR) is 129 cm³/mol. The van der Waals surface area contributed by atoms with Crippen LogP contribution in [0, 0.1) is 18.6 Å². The molecule has 0 atom stereocenters. The van der Waals surface area contributed by atoms with Crippen LogP contribution in [0.3, 0.4) is 0 Å². The minimum absolute atomic E-state index is 0.0218. The number of urea groups is 1. The average Bonchev–Trinajstić information content (AvgIpc) is 2.71. The summed E-state index contributed by atoms with van der Waals surface area (Å²) >= 11 is 0. The van der Waals surface area contributed by atoms with Gasteiger partial charge in [-0.1, -0.05) is 6.07 Å². The maximum Gasteiger partial charge on any atom is 0.437 e. The van der Waals surface area contributed by atoms with Crippen LogP contribution in [0.5, 0.6) is 0 Å². The minimum Gasteiger partial charge on any atom is -0.443 e. The molecule has 200 valence electrons. The summed E-state index contributed by atoms with van der Waals surface area (Å²) in [4.78, 5) is 47.6. The van der Waals surface area contributed by atoms with Gasteiger partial charge in [0, 0.05) is 25.2 Å². The van der Waals surface area contributed by atoms with Crippen molar-refractivity contribution < 1.29 is 32.6 Å². The zero-order valence-corrected chi connectivity index (χ0v) is 22.3. The van der Waals surface area contributed by atoms with Gasteiger partial charge in [-0.2, -0.15) is 0 Å². The van der Waals surface area contributed by atoms with Crippen molar-refractivity contribution in [3.8, 4) is 0 Å². The lowest BCUT2D eigenvalue weighted by atomic mass is 10.1. The van der Waals surface area contributed by atoms with E-state index < -0.39 is 41.6 Å². The summed E-state index contributed by atoms with van der Waals surface area (Å²) in [5.41, 5.74) is -2.06. The molecule has 0 radical (unpaired) electrons. The molecule has 0 spiro atoms. The normalized spacial score (nSPS) is 15.2. The number of hydrogen-bond donors (Lipinski definition) is 0. The maximum absolute atomic E-state index is 15.0. The molecule has 0 unspecified atom stereocenters. The van der Waals surface area contributed by atoms with Crippen LogP contribution < -0.4 is 0 Å². The van der Waals surface area contributed by atoms with Gasteiger partial charge in [0.1, 0.15) is 22.8 Å². The standard InChI is InChI=1S/C24H35F2N5O5/c1-15-17(25)11-10-16(18(15)26)12-31(22(34)36-24(5,6)7)19(27-20(32)35-23(2,3)4)30-13-28(8)21(33)29(9)14-30/h10-11H,12-14H2,1-9H3/b27-19+. The van der Waals surface area contributed by atoms with E-state index in [1.54, 1.807) is 41.5 Å². The van der Waals surface area contributed by atoms with E-state index in [0.29, 0.717) is 0 Å². The molecule has 1 aliphatic rings. The number of carbonyl (C=O) groups is 3. The van der Waals surface area contributed by atoms with Crippen molar-refractivity contribution in [1.29, 1.82) is 0 Å². The molecular weight excluding hydrogens is 476 g/mol. The van der Waals surface area contributed by atoms with Crippen LogP contribution in [0.1, 0.15) is 52.7 Å². The Kier molecular flexibility index (Phi) is 8.53. The molecule has 4 amide bonds. The lowest BCUT2D eigenvalue weighted by molar-refractivity contribution is 0.0299. The largest absolute Gasteiger partial charge is 0.443 e. The van der Waals surface area contributed by atoms with E-state index in [4.69, 9.17) is 9.47 Å². The topological polar surface area (TPSA) is 95.0 Å². The van der Waals surface area contributed by atoms with Gasteiger partial charge in [-0.3, -0.25) is 0 Å². The number of halogens is 2. The molecule has 1 aromatic rings. The number of aliphatic imine (C=N–C) groups is 1. The molecule has 1 aromatic carbocycles. The van der Waals surface area contributed by atoms with Crippen LogP contribution in [0.15, 0.2) is 17.1 Å². The van der Waals surface area contributed by atoms with E-state index in [1.807, 2.05) is 0 Å². The van der Waals surface area contributed by atoms with Crippen molar-refractivity contribution in [3.05, 3.63) is 34.9 Å². The molecule has 36 heavy (non-hydrogen) atoms. The SMILES string of the molecule is Cc1c(F)ccc(CN(C(=O)OC(C)(C)C)/C(=N/C(=O)OC(C)(C)C)N2CN(C)C(=O)N(C)C2)c1F. The third kappa shape index (κ3) is 7.53. The monoisotopic (exact) mass is 511 g/mol. The van der Waals surface area contributed by atoms with Gasteiger partial charge in [0.25, 0.3) is 0 Å². The lowest BCUT2D eigenvalue weighted by Crippen LogP contribution is -2.60. The Morgan fingerprint density at radius 1 is 1.00 bits per heavy atom. The first-order chi connectivity index (χ1) is 16.4. The van der Waals surface area contributed by atoms with E-state index in [9.17, 15) is 23.2 Å². The highest BCUT2D eigenvalue weighted by atomic mass is 19.1. The third-order valence-electron chi connectivity index (χ3n) is 4.87. The molecule has 0 aliphatic carbocycles. The molecular formula is C24H35F2N5O5. The van der Waals surface area contributed by atoms with Crippen molar-refractivity contribution >= 4 is 24.2 Å². The van der Waals surface area contributed by atoms with Gasteiger partial charge >= 0.3 is 18.2 Å². The summed E-state index contributed by atoms with van der Waals surface area (Å²) in [5.74, 6) is -1.80. The highest BCUT2D eigenvalue weighted by molar-refractivity contribution is 5.99. The molecule has 1 saturated heterocycles. The average molecular weight is 512 g/mol. The van der Waals surface area contributed by atoms with Gasteiger partial charge in [-0.05, 0) is 54.5 Å². The first-order valence-electron chi connectivity index (χ1n) is 11.4. The fourth-order valence-electron chi connectivity index (χ4n) is 3.31. The number of nitrogens with zero attached hydrogens (tertiary/aromatic N) is 5. The van der Waals surface area contributed by atoms with Crippen LogP contribution in [-0.4, -0.2) is 82.4 Å². The van der Waals surface area contributed by atoms with Crippen molar-refractivity contribution in [2.24, 2.45) is 4.99 Å². The number of hydrogen-bond acceptors (Lipinski definition) is 5. The molecule has 0 bridgehead atoms. The summed E-state index contributed by atoms with van der Waals surface area (Å²) < 4.78 is 39.7. The van der Waals surface area contributed by atoms with Gasteiger partial charge in [0.05, 0.1) is 19.9 Å². The Bertz CT molecular complexity index is 1030. The summed E-state index contributed by atoms with van der Waals surface area (Å²) in [6, 6.07) is 2.01. The number of amides is 4. The number of rotatable bonds is 2. The van der Waals surface area contributed by atoms with E-state index in [2.05, 4.69) is 4.99 Å².